The van der Waals surface area contributed by atoms with E-state index in [9.17, 15) is 4.79 Å². The molecule has 32 heavy (non-hydrogen) atoms. The summed E-state index contributed by atoms with van der Waals surface area (Å²) in [5.74, 6) is 3.31. The van der Waals surface area contributed by atoms with Gasteiger partial charge in [0.15, 0.2) is 0 Å². The first kappa shape index (κ1) is 24.6. The molecule has 3 rings (SSSR count). The van der Waals surface area contributed by atoms with Crippen LogP contribution in [0.4, 0.5) is 0 Å². The monoisotopic (exact) mass is 438 g/mol. The average molecular weight is 439 g/mol. The molecule has 1 unspecified atom stereocenters. The molecule has 1 saturated carbocycles. The molecule has 0 radical (unpaired) electrons. The van der Waals surface area contributed by atoms with Crippen LogP contribution < -0.4 is 0 Å². The Morgan fingerprint density at radius 2 is 1.91 bits per heavy atom. The lowest BCUT2D eigenvalue weighted by Crippen LogP contribution is -2.21. The Morgan fingerprint density at radius 1 is 1.16 bits per heavy atom. The van der Waals surface area contributed by atoms with E-state index in [4.69, 9.17) is 0 Å². The molecule has 1 heterocycles. The van der Waals surface area contributed by atoms with Crippen LogP contribution in [-0.4, -0.2) is 46.1 Å². The molecule has 1 aliphatic rings. The molecule has 0 aliphatic heterocycles. The summed E-state index contributed by atoms with van der Waals surface area (Å²) < 4.78 is 2.41. The Balaban J connectivity index is 1.77. The molecular formula is C27H42N4O. The maximum absolute atomic E-state index is 13.2. The van der Waals surface area contributed by atoms with E-state index < -0.39 is 0 Å². The Kier molecular flexibility index (Phi) is 8.64. The highest BCUT2D eigenvalue weighted by Gasteiger charge is 2.32. The fourth-order valence-corrected chi connectivity index (χ4v) is 4.53. The summed E-state index contributed by atoms with van der Waals surface area (Å²) in [7, 11) is 4.19. The Labute approximate surface area is 194 Å². The molecule has 5 heteroatoms. The van der Waals surface area contributed by atoms with Crippen molar-refractivity contribution in [2.45, 2.75) is 91.0 Å². The summed E-state index contributed by atoms with van der Waals surface area (Å²) >= 11 is 0. The van der Waals surface area contributed by atoms with Crippen LogP contribution >= 0.6 is 0 Å². The molecule has 0 bridgehead atoms. The fraction of sp³-hybridized carbons (Fsp3) is 0.667. The van der Waals surface area contributed by atoms with Crippen molar-refractivity contribution in [3.63, 3.8) is 0 Å². The molecule has 0 spiro atoms. The van der Waals surface area contributed by atoms with Gasteiger partial charge in [0.05, 0.1) is 0 Å². The van der Waals surface area contributed by atoms with Gasteiger partial charge in [-0.15, -0.1) is 10.2 Å². The van der Waals surface area contributed by atoms with Gasteiger partial charge >= 0.3 is 0 Å². The van der Waals surface area contributed by atoms with Gasteiger partial charge in [-0.1, -0.05) is 44.0 Å². The maximum atomic E-state index is 13.2. The fourth-order valence-electron chi connectivity index (χ4n) is 4.53. The number of benzene rings is 1. The second kappa shape index (κ2) is 11.2. The van der Waals surface area contributed by atoms with E-state index >= 15 is 0 Å². The number of hydrogen-bond donors (Lipinski definition) is 0. The molecular weight excluding hydrogens is 396 g/mol. The van der Waals surface area contributed by atoms with Gasteiger partial charge in [-0.25, -0.2) is 0 Å². The van der Waals surface area contributed by atoms with Crippen LogP contribution in [0.15, 0.2) is 18.2 Å². The first-order valence-electron chi connectivity index (χ1n) is 12.4. The highest BCUT2D eigenvalue weighted by Crippen LogP contribution is 2.39. The maximum Gasteiger partial charge on any atom is 0.138 e. The van der Waals surface area contributed by atoms with Gasteiger partial charge in [-0.3, -0.25) is 4.79 Å². The highest BCUT2D eigenvalue weighted by molar-refractivity contribution is 5.82. The number of aromatic nitrogens is 3. The van der Waals surface area contributed by atoms with Crippen molar-refractivity contribution in [3.05, 3.63) is 46.5 Å². The standard InChI is InChI=1S/C27H42N4O/c1-19(2)8-7-9-26-28-29-27(31(26)24-12-13-24)23(14-15-30(5)6)18-25(32)17-22-11-10-20(3)16-21(22)4/h10-11,16,19,23-24H,7-9,12-15,17-18H2,1-6H3. The average Bonchev–Trinajstić information content (AvgIpc) is 3.47. The van der Waals surface area contributed by atoms with Gasteiger partial charge in [0.1, 0.15) is 17.4 Å². The zero-order chi connectivity index (χ0) is 23.3. The molecule has 5 nitrogen and oxygen atoms in total. The minimum Gasteiger partial charge on any atom is -0.312 e. The van der Waals surface area contributed by atoms with Crippen LogP contribution in [0.3, 0.4) is 0 Å². The SMILES string of the molecule is Cc1ccc(CC(=O)CC(CCN(C)C)c2nnc(CCCC(C)C)n2C2CC2)c(C)c1. The number of carbonyl (C=O) groups excluding carboxylic acids is 1. The van der Waals surface area contributed by atoms with Gasteiger partial charge in [0.25, 0.3) is 0 Å². The van der Waals surface area contributed by atoms with Crippen molar-refractivity contribution < 1.29 is 4.79 Å². The first-order valence-corrected chi connectivity index (χ1v) is 12.4. The molecule has 1 aromatic carbocycles. The first-order chi connectivity index (χ1) is 15.2. The van der Waals surface area contributed by atoms with Crippen LogP contribution in [0, 0.1) is 19.8 Å². The summed E-state index contributed by atoms with van der Waals surface area (Å²) in [5, 5.41) is 9.31. The topological polar surface area (TPSA) is 51.0 Å². The smallest absolute Gasteiger partial charge is 0.138 e. The number of Topliss-reactive ketones (excluding diaryl/α,β-unsaturated/α-hetero) is 1. The molecule has 2 aromatic rings. The van der Waals surface area contributed by atoms with Crippen molar-refractivity contribution in [1.29, 1.82) is 0 Å². The predicted octanol–water partition coefficient (Wildman–Crippen LogP) is 5.45. The molecule has 1 fully saturated rings. The summed E-state index contributed by atoms with van der Waals surface area (Å²) in [6, 6.07) is 6.91. The summed E-state index contributed by atoms with van der Waals surface area (Å²) in [4.78, 5) is 15.4. The molecule has 1 atom stereocenters. The van der Waals surface area contributed by atoms with Crippen LogP contribution in [0.25, 0.3) is 0 Å². The lowest BCUT2D eigenvalue weighted by atomic mass is 9.93. The zero-order valence-electron chi connectivity index (χ0n) is 21.0. The van der Waals surface area contributed by atoms with E-state index in [0.717, 1.165) is 43.0 Å². The van der Waals surface area contributed by atoms with Crippen LogP contribution in [0.1, 0.15) is 92.7 Å². The molecule has 176 valence electrons. The van der Waals surface area contributed by atoms with Crippen molar-refractivity contribution in [2.24, 2.45) is 5.92 Å². The van der Waals surface area contributed by atoms with Gasteiger partial charge in [-0.2, -0.15) is 0 Å². The molecule has 1 aliphatic carbocycles. The van der Waals surface area contributed by atoms with Crippen molar-refractivity contribution in [1.82, 2.24) is 19.7 Å². The number of nitrogens with zero attached hydrogens (tertiary/aromatic N) is 4. The van der Waals surface area contributed by atoms with E-state index in [1.165, 1.54) is 30.4 Å². The quantitative estimate of drug-likeness (QED) is 0.417. The van der Waals surface area contributed by atoms with Crippen molar-refractivity contribution in [2.75, 3.05) is 20.6 Å². The number of rotatable bonds is 13. The molecule has 1 aromatic heterocycles. The second-order valence-corrected chi connectivity index (χ2v) is 10.5. The number of ketones is 1. The van der Waals surface area contributed by atoms with E-state index in [1.807, 2.05) is 0 Å². The third kappa shape index (κ3) is 6.99. The minimum atomic E-state index is 0.127. The molecule has 0 N–H and O–H groups in total. The Bertz CT molecular complexity index is 895. The lowest BCUT2D eigenvalue weighted by Gasteiger charge is -2.20. The van der Waals surface area contributed by atoms with Gasteiger partial charge in [0.2, 0.25) is 0 Å². The van der Waals surface area contributed by atoms with Crippen molar-refractivity contribution in [3.8, 4) is 0 Å². The Hall–Kier alpha value is -2.01. The summed E-state index contributed by atoms with van der Waals surface area (Å²) in [6.45, 7) is 9.69. The molecule has 0 amide bonds. The number of hydrogen-bond acceptors (Lipinski definition) is 4. The third-order valence-corrected chi connectivity index (χ3v) is 6.54. The Morgan fingerprint density at radius 3 is 2.53 bits per heavy atom. The van der Waals surface area contributed by atoms with Gasteiger partial charge in [0, 0.05) is 31.2 Å². The van der Waals surface area contributed by atoms with Crippen LogP contribution in [0.2, 0.25) is 0 Å². The second-order valence-electron chi connectivity index (χ2n) is 10.5. The number of carbonyl (C=O) groups is 1. The van der Waals surface area contributed by atoms with E-state index in [2.05, 4.69) is 79.7 Å². The van der Waals surface area contributed by atoms with Crippen molar-refractivity contribution >= 4 is 5.78 Å². The van der Waals surface area contributed by atoms with E-state index in [-0.39, 0.29) is 5.92 Å². The van der Waals surface area contributed by atoms with E-state index in [0.29, 0.717) is 30.6 Å². The highest BCUT2D eigenvalue weighted by atomic mass is 16.1. The normalized spacial score (nSPS) is 15.0. The van der Waals surface area contributed by atoms with Gasteiger partial charge < -0.3 is 9.47 Å². The van der Waals surface area contributed by atoms with Crippen LogP contribution in [0.5, 0.6) is 0 Å². The number of aryl methyl sites for hydroxylation is 3. The van der Waals surface area contributed by atoms with Crippen LogP contribution in [-0.2, 0) is 17.6 Å². The minimum absolute atomic E-state index is 0.127. The summed E-state index contributed by atoms with van der Waals surface area (Å²) in [6.07, 6.45) is 7.74. The lowest BCUT2D eigenvalue weighted by molar-refractivity contribution is -0.118. The zero-order valence-corrected chi connectivity index (χ0v) is 21.0. The predicted molar refractivity (Wildman–Crippen MR) is 131 cm³/mol. The third-order valence-electron chi connectivity index (χ3n) is 6.54. The van der Waals surface area contributed by atoms with Gasteiger partial charge in [-0.05, 0) is 77.2 Å². The largest absolute Gasteiger partial charge is 0.312 e. The van der Waals surface area contributed by atoms with E-state index in [1.54, 1.807) is 0 Å². The summed E-state index contributed by atoms with van der Waals surface area (Å²) in [5.41, 5.74) is 3.59. The molecule has 0 saturated heterocycles.